The Morgan fingerprint density at radius 2 is 1.83 bits per heavy atom. The molecule has 24 heavy (non-hydrogen) atoms. The lowest BCUT2D eigenvalue weighted by Crippen LogP contribution is -2.35. The predicted molar refractivity (Wildman–Crippen MR) is 94.1 cm³/mol. The molecule has 0 aromatic heterocycles. The van der Waals surface area contributed by atoms with Crippen LogP contribution >= 0.6 is 11.6 Å². The van der Waals surface area contributed by atoms with Crippen molar-refractivity contribution in [2.24, 2.45) is 0 Å². The van der Waals surface area contributed by atoms with Gasteiger partial charge in [-0.15, -0.1) is 0 Å². The van der Waals surface area contributed by atoms with Gasteiger partial charge in [0, 0.05) is 22.8 Å². The van der Waals surface area contributed by atoms with Crippen molar-refractivity contribution in [3.8, 4) is 5.75 Å². The number of nitrogens with one attached hydrogen (secondary N) is 2. The fraction of sp³-hybridized carbons (Fsp3) is 0.222. The van der Waals surface area contributed by atoms with Crippen molar-refractivity contribution in [2.45, 2.75) is 26.5 Å². The number of rotatable bonds is 5. The molecule has 5 nitrogen and oxygen atoms in total. The fourth-order valence-corrected chi connectivity index (χ4v) is 2.22. The summed E-state index contributed by atoms with van der Waals surface area (Å²) in [4.78, 5) is 23.9. The highest BCUT2D eigenvalue weighted by atomic mass is 35.5. The first-order valence-electron chi connectivity index (χ1n) is 7.55. The quantitative estimate of drug-likeness (QED) is 0.815. The van der Waals surface area contributed by atoms with Gasteiger partial charge in [0.05, 0.1) is 6.10 Å². The van der Waals surface area contributed by atoms with Crippen LogP contribution in [0, 0.1) is 0 Å². The molecule has 0 radical (unpaired) electrons. The van der Waals surface area contributed by atoms with Crippen molar-refractivity contribution in [1.29, 1.82) is 0 Å². The molecule has 0 fully saturated rings. The summed E-state index contributed by atoms with van der Waals surface area (Å²) >= 11 is 5.84. The third kappa shape index (κ3) is 5.28. The van der Waals surface area contributed by atoms with Gasteiger partial charge in [-0.1, -0.05) is 35.9 Å². The maximum absolute atomic E-state index is 11.9. The molecule has 2 rings (SSSR count). The summed E-state index contributed by atoms with van der Waals surface area (Å²) in [6.45, 7) is 4.05. The van der Waals surface area contributed by atoms with Gasteiger partial charge in [-0.05, 0) is 38.1 Å². The van der Waals surface area contributed by atoms with Gasteiger partial charge in [-0.3, -0.25) is 9.59 Å². The molecule has 0 saturated carbocycles. The molecule has 2 aromatic carbocycles. The van der Waals surface area contributed by atoms with Crippen LogP contribution in [0.25, 0.3) is 0 Å². The largest absolute Gasteiger partial charge is 0.491 e. The van der Waals surface area contributed by atoms with Crippen LogP contribution in [0.2, 0.25) is 5.02 Å². The molecule has 6 heteroatoms. The van der Waals surface area contributed by atoms with Gasteiger partial charge in [0.2, 0.25) is 0 Å². The minimum atomic E-state index is -0.750. The normalized spacial score (nSPS) is 10.3. The summed E-state index contributed by atoms with van der Waals surface area (Å²) in [6, 6.07) is 14.0. The zero-order chi connectivity index (χ0) is 17.5. The molecule has 0 atom stereocenters. The lowest BCUT2D eigenvalue weighted by atomic mass is 10.2. The molecule has 0 bridgehead atoms. The SMILES string of the molecule is CC(C)Oc1ccccc1CNC(=O)C(=O)Nc1cccc(Cl)c1. The topological polar surface area (TPSA) is 67.4 Å². The third-order valence-corrected chi connectivity index (χ3v) is 3.30. The van der Waals surface area contributed by atoms with Gasteiger partial charge >= 0.3 is 11.8 Å². The molecule has 2 aromatic rings. The van der Waals surface area contributed by atoms with Crippen molar-refractivity contribution in [2.75, 3.05) is 5.32 Å². The Kier molecular flexibility index (Phi) is 6.21. The second-order valence-corrected chi connectivity index (χ2v) is 5.86. The van der Waals surface area contributed by atoms with Gasteiger partial charge < -0.3 is 15.4 Å². The molecule has 0 heterocycles. The van der Waals surface area contributed by atoms with E-state index in [0.29, 0.717) is 16.5 Å². The summed E-state index contributed by atoms with van der Waals surface area (Å²) in [7, 11) is 0. The number of amides is 2. The zero-order valence-electron chi connectivity index (χ0n) is 13.5. The van der Waals surface area contributed by atoms with E-state index in [1.165, 1.54) is 0 Å². The first kappa shape index (κ1) is 17.8. The maximum Gasteiger partial charge on any atom is 0.313 e. The standard InChI is InChI=1S/C18H19ClN2O3/c1-12(2)24-16-9-4-3-6-13(16)11-20-17(22)18(23)21-15-8-5-7-14(19)10-15/h3-10,12H,11H2,1-2H3,(H,20,22)(H,21,23). The molecule has 0 spiro atoms. The lowest BCUT2D eigenvalue weighted by Gasteiger charge is -2.14. The van der Waals surface area contributed by atoms with Crippen molar-refractivity contribution >= 4 is 29.1 Å². The summed E-state index contributed by atoms with van der Waals surface area (Å²) in [5, 5.41) is 5.56. The number of carbonyl (C=O) groups is 2. The average Bonchev–Trinajstić information content (AvgIpc) is 2.53. The minimum absolute atomic E-state index is 0.0213. The zero-order valence-corrected chi connectivity index (χ0v) is 14.3. The number of halogens is 1. The van der Waals surface area contributed by atoms with Gasteiger partial charge in [0.25, 0.3) is 0 Å². The molecule has 126 valence electrons. The number of hydrogen-bond donors (Lipinski definition) is 2. The summed E-state index contributed by atoms with van der Waals surface area (Å²) in [5.74, 6) is -0.795. The Hall–Kier alpha value is -2.53. The van der Waals surface area contributed by atoms with Crippen LogP contribution < -0.4 is 15.4 Å². The van der Waals surface area contributed by atoms with E-state index in [1.807, 2.05) is 38.1 Å². The number of para-hydroxylation sites is 1. The molecular weight excluding hydrogens is 328 g/mol. The Balaban J connectivity index is 1.94. The number of ether oxygens (including phenoxy) is 1. The summed E-state index contributed by atoms with van der Waals surface area (Å²) in [6.07, 6.45) is 0.0213. The van der Waals surface area contributed by atoms with E-state index < -0.39 is 11.8 Å². The van der Waals surface area contributed by atoms with E-state index in [-0.39, 0.29) is 12.6 Å². The van der Waals surface area contributed by atoms with Gasteiger partial charge in [-0.2, -0.15) is 0 Å². The van der Waals surface area contributed by atoms with Crippen LogP contribution in [-0.2, 0) is 16.1 Å². The highest BCUT2D eigenvalue weighted by Gasteiger charge is 2.14. The lowest BCUT2D eigenvalue weighted by molar-refractivity contribution is -0.136. The summed E-state index contributed by atoms with van der Waals surface area (Å²) in [5.41, 5.74) is 1.27. The number of carbonyl (C=O) groups excluding carboxylic acids is 2. The van der Waals surface area contributed by atoms with Crippen LogP contribution in [0.5, 0.6) is 5.75 Å². The average molecular weight is 347 g/mol. The van der Waals surface area contributed by atoms with Gasteiger partial charge in [0.1, 0.15) is 5.75 Å². The van der Waals surface area contributed by atoms with Crippen LogP contribution in [0.1, 0.15) is 19.4 Å². The number of anilines is 1. The molecular formula is C18H19ClN2O3. The van der Waals surface area contributed by atoms with E-state index in [4.69, 9.17) is 16.3 Å². The smallest absolute Gasteiger partial charge is 0.313 e. The number of benzene rings is 2. The molecule has 0 aliphatic rings. The fourth-order valence-electron chi connectivity index (χ4n) is 2.03. The molecule has 0 saturated heterocycles. The second-order valence-electron chi connectivity index (χ2n) is 5.42. The first-order valence-corrected chi connectivity index (χ1v) is 7.93. The van der Waals surface area contributed by atoms with Gasteiger partial charge in [-0.25, -0.2) is 0 Å². The molecule has 0 aliphatic carbocycles. The molecule has 0 unspecified atom stereocenters. The maximum atomic E-state index is 11.9. The Labute approximate surface area is 146 Å². The third-order valence-electron chi connectivity index (χ3n) is 3.06. The highest BCUT2D eigenvalue weighted by molar-refractivity contribution is 6.39. The van der Waals surface area contributed by atoms with Crippen molar-refractivity contribution in [3.05, 3.63) is 59.1 Å². The highest BCUT2D eigenvalue weighted by Crippen LogP contribution is 2.19. The van der Waals surface area contributed by atoms with Crippen LogP contribution in [-0.4, -0.2) is 17.9 Å². The Morgan fingerprint density at radius 3 is 2.54 bits per heavy atom. The summed E-state index contributed by atoms with van der Waals surface area (Å²) < 4.78 is 5.68. The van der Waals surface area contributed by atoms with E-state index in [2.05, 4.69) is 10.6 Å². The van der Waals surface area contributed by atoms with E-state index in [9.17, 15) is 9.59 Å². The molecule has 2 amide bonds. The minimum Gasteiger partial charge on any atom is -0.491 e. The van der Waals surface area contributed by atoms with Crippen molar-refractivity contribution < 1.29 is 14.3 Å². The van der Waals surface area contributed by atoms with Crippen LogP contribution in [0.3, 0.4) is 0 Å². The second kappa shape index (κ2) is 8.36. The van der Waals surface area contributed by atoms with Crippen molar-refractivity contribution in [1.82, 2.24) is 5.32 Å². The first-order chi connectivity index (χ1) is 11.5. The molecule has 2 N–H and O–H groups in total. The van der Waals surface area contributed by atoms with E-state index in [1.54, 1.807) is 24.3 Å². The van der Waals surface area contributed by atoms with E-state index >= 15 is 0 Å². The monoisotopic (exact) mass is 346 g/mol. The predicted octanol–water partition coefficient (Wildman–Crippen LogP) is 3.38. The Bertz CT molecular complexity index is 732. The van der Waals surface area contributed by atoms with E-state index in [0.717, 1.165) is 5.56 Å². The van der Waals surface area contributed by atoms with Crippen molar-refractivity contribution in [3.63, 3.8) is 0 Å². The molecule has 0 aliphatic heterocycles. The van der Waals surface area contributed by atoms with Gasteiger partial charge in [0.15, 0.2) is 0 Å². The Morgan fingerprint density at radius 1 is 1.08 bits per heavy atom. The van der Waals surface area contributed by atoms with Crippen LogP contribution in [0.4, 0.5) is 5.69 Å². The van der Waals surface area contributed by atoms with Crippen LogP contribution in [0.15, 0.2) is 48.5 Å². The number of hydrogen-bond acceptors (Lipinski definition) is 3.